The molecule has 9 nitrogen and oxygen atoms in total. The van der Waals surface area contributed by atoms with Gasteiger partial charge in [0.15, 0.2) is 0 Å². The Morgan fingerprint density at radius 3 is 2.50 bits per heavy atom. The minimum Gasteiger partial charge on any atom is -0.492 e. The number of aromatic nitrogens is 2. The van der Waals surface area contributed by atoms with Crippen molar-refractivity contribution < 1.29 is 14.3 Å². The molecule has 1 amide bonds. The number of piperidine rings is 1. The minimum atomic E-state index is -0.507. The second kappa shape index (κ2) is 13.2. The van der Waals surface area contributed by atoms with Crippen molar-refractivity contribution in [1.29, 1.82) is 0 Å². The summed E-state index contributed by atoms with van der Waals surface area (Å²) < 4.78 is 11.9. The Bertz CT molecular complexity index is 1370. The number of alkyl carbamates (subject to hydrolysis) is 1. The molecule has 4 N–H and O–H groups in total. The summed E-state index contributed by atoms with van der Waals surface area (Å²) in [5.41, 5.74) is 3.73. The van der Waals surface area contributed by atoms with Crippen LogP contribution < -0.4 is 26.0 Å². The van der Waals surface area contributed by atoms with Gasteiger partial charge in [0.25, 0.3) is 0 Å². The predicted octanol–water partition coefficient (Wildman–Crippen LogP) is 6.62. The number of carbonyl (C=O) groups is 1. The molecule has 1 unspecified atom stereocenters. The summed E-state index contributed by atoms with van der Waals surface area (Å²) in [5, 5.41) is 14.6. The van der Waals surface area contributed by atoms with Crippen LogP contribution in [0.15, 0.2) is 36.4 Å². The first-order chi connectivity index (χ1) is 20.1. The van der Waals surface area contributed by atoms with Crippen molar-refractivity contribution >= 4 is 34.4 Å². The Balaban J connectivity index is 1.35. The van der Waals surface area contributed by atoms with Crippen LogP contribution in [0.25, 0.3) is 10.9 Å². The molecule has 1 saturated heterocycles. The molecule has 5 rings (SSSR count). The van der Waals surface area contributed by atoms with Crippen LogP contribution in [0.1, 0.15) is 70.4 Å². The largest absolute Gasteiger partial charge is 0.492 e. The summed E-state index contributed by atoms with van der Waals surface area (Å²) in [5.74, 6) is 2.61. The van der Waals surface area contributed by atoms with Gasteiger partial charge in [-0.3, -0.25) is 0 Å². The van der Waals surface area contributed by atoms with Gasteiger partial charge in [-0.25, -0.2) is 9.78 Å². The van der Waals surface area contributed by atoms with E-state index in [9.17, 15) is 4.79 Å². The smallest absolute Gasteiger partial charge is 0.407 e. The molecule has 1 atom stereocenters. The lowest BCUT2D eigenvalue weighted by atomic mass is 9.91. The Kier molecular flexibility index (Phi) is 9.36. The lowest BCUT2D eigenvalue weighted by Gasteiger charge is -2.31. The van der Waals surface area contributed by atoms with Crippen LogP contribution in [0.4, 0.5) is 22.2 Å². The van der Waals surface area contributed by atoms with Crippen LogP contribution >= 0.6 is 0 Å². The summed E-state index contributed by atoms with van der Waals surface area (Å²) in [6, 6.07) is 12.6. The number of anilines is 3. The van der Waals surface area contributed by atoms with Crippen molar-refractivity contribution in [3.63, 3.8) is 0 Å². The molecule has 2 aromatic carbocycles. The van der Waals surface area contributed by atoms with E-state index in [1.807, 2.05) is 39.0 Å². The van der Waals surface area contributed by atoms with E-state index in [0.717, 1.165) is 66.9 Å². The molecule has 1 aliphatic heterocycles. The lowest BCUT2D eigenvalue weighted by molar-refractivity contribution is 0.0492. The minimum absolute atomic E-state index is 0.102. The van der Waals surface area contributed by atoms with Gasteiger partial charge in [-0.05, 0) is 115 Å². The highest BCUT2D eigenvalue weighted by Crippen LogP contribution is 2.34. The number of fused-ring (bicyclic) bond motifs is 1. The molecule has 2 aliphatic rings. The maximum Gasteiger partial charge on any atom is 0.407 e. The van der Waals surface area contributed by atoms with Gasteiger partial charge >= 0.3 is 6.09 Å². The van der Waals surface area contributed by atoms with Crippen molar-refractivity contribution in [1.82, 2.24) is 20.6 Å². The predicted molar refractivity (Wildman–Crippen MR) is 169 cm³/mol. The standard InChI is InChI=1S/C33H46N6O3/c1-21-11-12-26(18-22(21)2)36-31-38-27-9-6-10-28(41-20-23-8-7-17-34-19-23)29(27)30(39-31)35-24-13-15-25(16-14-24)37-32(40)42-33(3,4)5/h6,9-12,18,23-25,34H,7-8,13-17,19-20H2,1-5H3,(H,37,40)(H2,35,36,38,39). The van der Waals surface area contributed by atoms with Gasteiger partial charge in [-0.2, -0.15) is 4.98 Å². The normalized spacial score (nSPS) is 21.0. The van der Waals surface area contributed by atoms with Crippen LogP contribution in [0.3, 0.4) is 0 Å². The molecule has 226 valence electrons. The van der Waals surface area contributed by atoms with E-state index in [-0.39, 0.29) is 18.2 Å². The molecule has 1 aromatic heterocycles. The van der Waals surface area contributed by atoms with Crippen LogP contribution in [0.2, 0.25) is 0 Å². The first-order valence-electron chi connectivity index (χ1n) is 15.4. The van der Waals surface area contributed by atoms with Gasteiger partial charge in [0, 0.05) is 30.2 Å². The number of hydrogen-bond acceptors (Lipinski definition) is 8. The van der Waals surface area contributed by atoms with E-state index in [1.165, 1.54) is 24.0 Å². The fourth-order valence-electron chi connectivity index (χ4n) is 5.70. The number of amides is 1. The Hall–Kier alpha value is -3.59. The quantitative estimate of drug-likeness (QED) is 0.238. The molecule has 42 heavy (non-hydrogen) atoms. The van der Waals surface area contributed by atoms with Gasteiger partial charge in [-0.1, -0.05) is 12.1 Å². The maximum absolute atomic E-state index is 12.3. The molecule has 0 bridgehead atoms. The molecular weight excluding hydrogens is 528 g/mol. The maximum atomic E-state index is 12.3. The molecule has 0 spiro atoms. The van der Waals surface area contributed by atoms with Crippen LogP contribution in [0.5, 0.6) is 5.75 Å². The molecule has 0 radical (unpaired) electrons. The van der Waals surface area contributed by atoms with E-state index in [4.69, 9.17) is 19.4 Å². The van der Waals surface area contributed by atoms with Crippen molar-refractivity contribution in [3.8, 4) is 5.75 Å². The molecule has 1 saturated carbocycles. The first-order valence-corrected chi connectivity index (χ1v) is 15.4. The summed E-state index contributed by atoms with van der Waals surface area (Å²) in [4.78, 5) is 22.2. The highest BCUT2D eigenvalue weighted by molar-refractivity contribution is 5.95. The average molecular weight is 575 g/mol. The van der Waals surface area contributed by atoms with E-state index in [2.05, 4.69) is 53.3 Å². The number of ether oxygens (including phenoxy) is 2. The fraction of sp³-hybridized carbons (Fsp3) is 0.545. The van der Waals surface area contributed by atoms with Gasteiger partial charge < -0.3 is 30.7 Å². The number of aryl methyl sites for hydroxylation is 2. The van der Waals surface area contributed by atoms with Gasteiger partial charge in [0.1, 0.15) is 17.2 Å². The number of nitrogens with zero attached hydrogens (tertiary/aromatic N) is 2. The van der Waals surface area contributed by atoms with Crippen LogP contribution in [-0.2, 0) is 4.74 Å². The highest BCUT2D eigenvalue weighted by Gasteiger charge is 2.26. The molecule has 2 fully saturated rings. The van der Waals surface area contributed by atoms with Gasteiger partial charge in [0.2, 0.25) is 5.95 Å². The summed E-state index contributed by atoms with van der Waals surface area (Å²) >= 11 is 0. The van der Waals surface area contributed by atoms with Crippen molar-refractivity contribution in [2.24, 2.45) is 5.92 Å². The van der Waals surface area contributed by atoms with Crippen molar-refractivity contribution in [2.75, 3.05) is 30.3 Å². The van der Waals surface area contributed by atoms with Crippen LogP contribution in [-0.4, -0.2) is 53.4 Å². The van der Waals surface area contributed by atoms with Crippen molar-refractivity contribution in [3.05, 3.63) is 47.5 Å². The summed E-state index contributed by atoms with van der Waals surface area (Å²) in [7, 11) is 0. The zero-order valence-corrected chi connectivity index (χ0v) is 25.7. The average Bonchev–Trinajstić information content (AvgIpc) is 2.94. The Labute approximate surface area is 249 Å². The topological polar surface area (TPSA) is 109 Å². The first kappa shape index (κ1) is 29.9. The molecule has 3 aromatic rings. The molecule has 9 heteroatoms. The SMILES string of the molecule is Cc1ccc(Nc2nc(NC3CCC(NC(=O)OC(C)(C)C)CC3)c3c(OCC4CCCNC4)cccc3n2)cc1C. The Morgan fingerprint density at radius 1 is 1.00 bits per heavy atom. The third kappa shape index (κ3) is 8.03. The van der Waals surface area contributed by atoms with Crippen LogP contribution in [0, 0.1) is 19.8 Å². The highest BCUT2D eigenvalue weighted by atomic mass is 16.6. The summed E-state index contributed by atoms with van der Waals surface area (Å²) in [6.45, 7) is 12.6. The molecule has 2 heterocycles. The second-order valence-corrected chi connectivity index (χ2v) is 12.8. The number of carbonyl (C=O) groups excluding carboxylic acids is 1. The van der Waals surface area contributed by atoms with Crippen molar-refractivity contribution in [2.45, 2.75) is 90.8 Å². The number of hydrogen-bond donors (Lipinski definition) is 4. The van der Waals surface area contributed by atoms with E-state index in [1.54, 1.807) is 0 Å². The van der Waals surface area contributed by atoms with E-state index >= 15 is 0 Å². The third-order valence-electron chi connectivity index (χ3n) is 8.11. The van der Waals surface area contributed by atoms with E-state index in [0.29, 0.717) is 18.5 Å². The monoisotopic (exact) mass is 574 g/mol. The third-order valence-corrected chi connectivity index (χ3v) is 8.11. The zero-order chi connectivity index (χ0) is 29.7. The zero-order valence-electron chi connectivity index (χ0n) is 25.7. The molecule has 1 aliphatic carbocycles. The van der Waals surface area contributed by atoms with Gasteiger partial charge in [-0.15, -0.1) is 0 Å². The number of rotatable bonds is 8. The Morgan fingerprint density at radius 2 is 1.79 bits per heavy atom. The fourth-order valence-corrected chi connectivity index (χ4v) is 5.70. The lowest BCUT2D eigenvalue weighted by Crippen LogP contribution is -2.42. The number of nitrogens with one attached hydrogen (secondary N) is 4. The number of benzene rings is 2. The summed E-state index contributed by atoms with van der Waals surface area (Å²) in [6.07, 6.45) is 5.54. The van der Waals surface area contributed by atoms with E-state index < -0.39 is 5.60 Å². The second-order valence-electron chi connectivity index (χ2n) is 12.8. The molecular formula is C33H46N6O3. The van der Waals surface area contributed by atoms with Gasteiger partial charge in [0.05, 0.1) is 17.5 Å².